The summed E-state index contributed by atoms with van der Waals surface area (Å²) in [4.78, 5) is 40.5. The molecule has 8 heteroatoms. The number of hydrogen-bond acceptors (Lipinski definition) is 6. The monoisotopic (exact) mass is 441 g/mol. The van der Waals surface area contributed by atoms with Crippen LogP contribution in [0.15, 0.2) is 64.2 Å². The van der Waals surface area contributed by atoms with E-state index in [-0.39, 0.29) is 12.3 Å². The van der Waals surface area contributed by atoms with Gasteiger partial charge in [0.05, 0.1) is 12.3 Å². The number of esters is 1. The largest absolute Gasteiger partial charge is 0.461 e. The lowest BCUT2D eigenvalue weighted by atomic mass is 9.79. The van der Waals surface area contributed by atoms with Crippen LogP contribution in [0.25, 0.3) is 0 Å². The summed E-state index contributed by atoms with van der Waals surface area (Å²) in [5.74, 6) is -2.84. The molecule has 0 aromatic heterocycles. The Morgan fingerprint density at radius 3 is 2.64 bits per heavy atom. The summed E-state index contributed by atoms with van der Waals surface area (Å²) in [6, 6.07) is 15.7. The van der Waals surface area contributed by atoms with Crippen LogP contribution in [0, 0.1) is 5.92 Å². The molecular formula is C20H16BrN3O4. The molecule has 28 heavy (non-hydrogen) atoms. The number of nitrogens with one attached hydrogen (secondary N) is 1. The second kappa shape index (κ2) is 6.87. The third kappa shape index (κ3) is 2.56. The van der Waals surface area contributed by atoms with Crippen molar-refractivity contribution in [1.82, 2.24) is 5.43 Å². The third-order valence-corrected chi connectivity index (χ3v) is 5.34. The minimum atomic E-state index is -1.48. The predicted octanol–water partition coefficient (Wildman–Crippen LogP) is 2.36. The Morgan fingerprint density at radius 2 is 1.96 bits per heavy atom. The number of amides is 2. The van der Waals surface area contributed by atoms with Gasteiger partial charge in [0.2, 0.25) is 5.91 Å². The smallest absolute Gasteiger partial charge is 0.355 e. The molecule has 1 N–H and O–H groups in total. The molecule has 0 aliphatic carbocycles. The van der Waals surface area contributed by atoms with Crippen molar-refractivity contribution >= 4 is 45.1 Å². The van der Waals surface area contributed by atoms with Crippen LogP contribution >= 0.6 is 15.9 Å². The highest BCUT2D eigenvalue weighted by Gasteiger charge is 2.67. The van der Waals surface area contributed by atoms with Crippen molar-refractivity contribution in [3.05, 3.63) is 64.6 Å². The zero-order chi connectivity index (χ0) is 19.9. The molecule has 1 saturated heterocycles. The summed E-state index contributed by atoms with van der Waals surface area (Å²) in [5, 5.41) is 4.05. The Morgan fingerprint density at radius 1 is 1.21 bits per heavy atom. The molecule has 7 nitrogen and oxygen atoms in total. The van der Waals surface area contributed by atoms with E-state index in [0.717, 1.165) is 9.37 Å². The Kier molecular flexibility index (Phi) is 4.50. The summed E-state index contributed by atoms with van der Waals surface area (Å²) in [6.45, 7) is 1.81. The summed E-state index contributed by atoms with van der Waals surface area (Å²) in [6.07, 6.45) is 0. The van der Waals surface area contributed by atoms with Crippen molar-refractivity contribution < 1.29 is 19.1 Å². The molecule has 2 aliphatic rings. The average molecular weight is 442 g/mol. The maximum atomic E-state index is 13.6. The summed E-state index contributed by atoms with van der Waals surface area (Å²) in [5.41, 5.74) is 2.19. The van der Waals surface area contributed by atoms with Gasteiger partial charge in [0, 0.05) is 4.47 Å². The Hall–Kier alpha value is -3.00. The van der Waals surface area contributed by atoms with Gasteiger partial charge in [-0.1, -0.05) is 52.3 Å². The molecule has 0 bridgehead atoms. The fourth-order valence-corrected chi connectivity index (χ4v) is 4.03. The number of nitrogens with zero attached hydrogens (tertiary/aromatic N) is 2. The Labute approximate surface area is 169 Å². The van der Waals surface area contributed by atoms with Crippen molar-refractivity contribution in [2.75, 3.05) is 11.5 Å². The van der Waals surface area contributed by atoms with Gasteiger partial charge in [-0.25, -0.2) is 9.69 Å². The van der Waals surface area contributed by atoms with Gasteiger partial charge >= 0.3 is 5.97 Å². The average Bonchev–Trinajstić information content (AvgIpc) is 3.19. The molecule has 2 aromatic rings. The number of anilines is 1. The van der Waals surface area contributed by atoms with Crippen LogP contribution in [0.2, 0.25) is 0 Å². The lowest BCUT2D eigenvalue weighted by Crippen LogP contribution is -2.48. The van der Waals surface area contributed by atoms with Gasteiger partial charge in [-0.2, -0.15) is 5.10 Å². The number of hydrazone groups is 1. The zero-order valence-electron chi connectivity index (χ0n) is 14.9. The highest BCUT2D eigenvalue weighted by molar-refractivity contribution is 9.10. The Balaban J connectivity index is 1.87. The van der Waals surface area contributed by atoms with Crippen molar-refractivity contribution in [2.24, 2.45) is 11.0 Å². The maximum absolute atomic E-state index is 13.6. The molecule has 2 aliphatic heterocycles. The van der Waals surface area contributed by atoms with Crippen LogP contribution in [0.3, 0.4) is 0 Å². The van der Waals surface area contributed by atoms with Crippen LogP contribution in [0.1, 0.15) is 12.5 Å². The Bertz CT molecular complexity index is 1010. The predicted molar refractivity (Wildman–Crippen MR) is 105 cm³/mol. The van der Waals surface area contributed by atoms with Gasteiger partial charge in [0.25, 0.3) is 5.91 Å². The highest BCUT2D eigenvalue weighted by atomic mass is 79.9. The minimum Gasteiger partial charge on any atom is -0.461 e. The summed E-state index contributed by atoms with van der Waals surface area (Å²) in [7, 11) is 0. The van der Waals surface area contributed by atoms with Gasteiger partial charge in [-0.3, -0.25) is 15.0 Å². The number of halogens is 1. The van der Waals surface area contributed by atoms with Crippen molar-refractivity contribution in [3.8, 4) is 0 Å². The molecule has 2 aromatic carbocycles. The van der Waals surface area contributed by atoms with E-state index in [9.17, 15) is 14.4 Å². The van der Waals surface area contributed by atoms with Gasteiger partial charge < -0.3 is 4.74 Å². The number of imide groups is 1. The first-order chi connectivity index (χ1) is 13.5. The lowest BCUT2D eigenvalue weighted by Gasteiger charge is -2.26. The number of hydrogen-bond donors (Lipinski definition) is 1. The number of fused-ring (bicyclic) bond motifs is 1. The topological polar surface area (TPSA) is 88.1 Å². The summed E-state index contributed by atoms with van der Waals surface area (Å²) < 4.78 is 5.78. The quantitative estimate of drug-likeness (QED) is 0.581. The van der Waals surface area contributed by atoms with Gasteiger partial charge in [0.15, 0.2) is 11.3 Å². The normalized spacial score (nSPS) is 23.3. The first-order valence-electron chi connectivity index (χ1n) is 8.72. The van der Waals surface area contributed by atoms with Crippen molar-refractivity contribution in [1.29, 1.82) is 0 Å². The molecule has 0 spiro atoms. The standard InChI is InChI=1S/C20H16BrN3O4/c1-2-28-18(26)16-15-17(25)24(14-10-6-9-13(21)11-14)19(27)20(15,23-22-16)12-7-4-3-5-8-12/h3-11,15,23H,2H2,1H3/t15-,20+/m0/s1. The number of benzene rings is 2. The molecular weight excluding hydrogens is 426 g/mol. The lowest BCUT2D eigenvalue weighted by molar-refractivity contribution is -0.136. The number of ether oxygens (including phenoxy) is 1. The van der Waals surface area contributed by atoms with Crippen LogP contribution < -0.4 is 10.3 Å². The molecule has 0 unspecified atom stereocenters. The molecule has 0 radical (unpaired) electrons. The van der Waals surface area contributed by atoms with Crippen LogP contribution in [0.5, 0.6) is 0 Å². The van der Waals surface area contributed by atoms with E-state index in [2.05, 4.69) is 26.5 Å². The van der Waals surface area contributed by atoms with Gasteiger partial charge in [0.1, 0.15) is 5.92 Å². The highest BCUT2D eigenvalue weighted by Crippen LogP contribution is 2.45. The van der Waals surface area contributed by atoms with E-state index >= 15 is 0 Å². The van der Waals surface area contributed by atoms with Crippen LogP contribution in [-0.2, 0) is 24.7 Å². The van der Waals surface area contributed by atoms with E-state index in [4.69, 9.17) is 4.74 Å². The molecule has 142 valence electrons. The molecule has 2 amide bonds. The SMILES string of the molecule is CCOC(=O)C1=NN[C@@]2(c3ccccc3)C(=O)N(c3cccc(Br)c3)C(=O)[C@H]12. The number of carbonyl (C=O) groups excluding carboxylic acids is 3. The molecule has 4 rings (SSSR count). The minimum absolute atomic E-state index is 0.0958. The van der Waals surface area contributed by atoms with E-state index < -0.39 is 29.2 Å². The van der Waals surface area contributed by atoms with Crippen LogP contribution in [0.4, 0.5) is 5.69 Å². The number of carbonyl (C=O) groups is 3. The zero-order valence-corrected chi connectivity index (χ0v) is 16.5. The molecule has 2 atom stereocenters. The molecule has 0 saturated carbocycles. The maximum Gasteiger partial charge on any atom is 0.355 e. The molecule has 2 heterocycles. The van der Waals surface area contributed by atoms with E-state index in [1.165, 1.54) is 0 Å². The second-order valence-corrected chi connectivity index (χ2v) is 7.31. The third-order valence-electron chi connectivity index (χ3n) is 4.85. The second-order valence-electron chi connectivity index (χ2n) is 6.40. The van der Waals surface area contributed by atoms with Crippen molar-refractivity contribution in [3.63, 3.8) is 0 Å². The first kappa shape index (κ1) is 18.4. The van der Waals surface area contributed by atoms with E-state index in [1.807, 2.05) is 6.07 Å². The van der Waals surface area contributed by atoms with E-state index in [1.54, 1.807) is 55.5 Å². The van der Waals surface area contributed by atoms with Crippen LogP contribution in [-0.4, -0.2) is 30.1 Å². The van der Waals surface area contributed by atoms with Gasteiger partial charge in [-0.05, 0) is 30.7 Å². The summed E-state index contributed by atoms with van der Waals surface area (Å²) >= 11 is 3.36. The number of rotatable bonds is 4. The van der Waals surface area contributed by atoms with Crippen molar-refractivity contribution in [2.45, 2.75) is 12.5 Å². The molecule has 1 fully saturated rings. The fraction of sp³-hybridized carbons (Fsp3) is 0.200. The van der Waals surface area contributed by atoms with Gasteiger partial charge in [-0.15, -0.1) is 0 Å². The first-order valence-corrected chi connectivity index (χ1v) is 9.51. The fourth-order valence-electron chi connectivity index (χ4n) is 3.65. The van der Waals surface area contributed by atoms with E-state index in [0.29, 0.717) is 11.3 Å².